The van der Waals surface area contributed by atoms with E-state index in [-0.39, 0.29) is 0 Å². The molecule has 3 heteroatoms. The highest BCUT2D eigenvalue weighted by Gasteiger charge is 2.10. The van der Waals surface area contributed by atoms with Crippen LogP contribution in [-0.2, 0) is 0 Å². The van der Waals surface area contributed by atoms with Crippen molar-refractivity contribution in [2.45, 2.75) is 6.92 Å². The molecule has 2 nitrogen and oxygen atoms in total. The van der Waals surface area contributed by atoms with Crippen LogP contribution in [0.15, 0.2) is 53.0 Å². The smallest absolute Gasteiger partial charge is 0.214 e. The lowest BCUT2D eigenvalue weighted by molar-refractivity contribution is 0.400. The second kappa shape index (κ2) is 5.25. The van der Waals surface area contributed by atoms with E-state index in [0.29, 0.717) is 5.88 Å². The summed E-state index contributed by atoms with van der Waals surface area (Å²) in [5.74, 6) is 0.637. The molecule has 0 spiro atoms. The number of fused-ring (bicyclic) bond motifs is 1. The summed E-state index contributed by atoms with van der Waals surface area (Å²) in [6.45, 7) is 2.12. The molecule has 20 heavy (non-hydrogen) atoms. The summed E-state index contributed by atoms with van der Waals surface area (Å²) < 4.78 is 6.38. The van der Waals surface area contributed by atoms with E-state index >= 15 is 0 Å². The van der Waals surface area contributed by atoms with Gasteiger partial charge in [0.25, 0.3) is 0 Å². The Morgan fingerprint density at radius 1 is 1.00 bits per heavy atom. The van der Waals surface area contributed by atoms with Crippen molar-refractivity contribution in [2.75, 3.05) is 7.11 Å². The molecule has 1 heterocycles. The molecule has 0 aliphatic heterocycles. The molecular weight excluding hydrogens is 314 g/mol. The largest absolute Gasteiger partial charge is 0.481 e. The molecule has 3 aromatic rings. The second-order valence-corrected chi connectivity index (χ2v) is 5.60. The van der Waals surface area contributed by atoms with Gasteiger partial charge in [0.1, 0.15) is 0 Å². The van der Waals surface area contributed by atoms with Gasteiger partial charge in [-0.05, 0) is 41.8 Å². The van der Waals surface area contributed by atoms with E-state index in [9.17, 15) is 0 Å². The van der Waals surface area contributed by atoms with E-state index < -0.39 is 0 Å². The van der Waals surface area contributed by atoms with E-state index in [2.05, 4.69) is 58.2 Å². The molecule has 0 amide bonds. The number of methoxy groups -OCH3 is 1. The lowest BCUT2D eigenvalue weighted by Crippen LogP contribution is -1.92. The number of aryl methyl sites for hydroxylation is 1. The number of ether oxygens (including phenoxy) is 1. The number of pyridine rings is 1. The third kappa shape index (κ3) is 2.29. The summed E-state index contributed by atoms with van der Waals surface area (Å²) in [6.07, 6.45) is 0. The lowest BCUT2D eigenvalue weighted by Gasteiger charge is -2.11. The standard InChI is InChI=1S/C17H14BrNO/c1-11-5-3-4-6-13(11)14-10-17(20-2)19-16-8-7-12(18)9-15(14)16/h3-10H,1-2H3. The summed E-state index contributed by atoms with van der Waals surface area (Å²) in [7, 11) is 1.65. The van der Waals surface area contributed by atoms with Gasteiger partial charge < -0.3 is 4.74 Å². The molecule has 0 N–H and O–H groups in total. The Labute approximate surface area is 126 Å². The number of hydrogen-bond acceptors (Lipinski definition) is 2. The highest BCUT2D eigenvalue weighted by molar-refractivity contribution is 9.10. The van der Waals surface area contributed by atoms with Crippen LogP contribution in [0.1, 0.15) is 5.56 Å². The Balaban J connectivity index is 2.38. The third-order valence-electron chi connectivity index (χ3n) is 3.39. The maximum Gasteiger partial charge on any atom is 0.214 e. The molecule has 1 aromatic heterocycles. The number of nitrogens with zero attached hydrogens (tertiary/aromatic N) is 1. The van der Waals surface area contributed by atoms with Crippen LogP contribution in [0.4, 0.5) is 0 Å². The Kier molecular flexibility index (Phi) is 3.45. The Hall–Kier alpha value is -1.87. The summed E-state index contributed by atoms with van der Waals surface area (Å²) in [5, 5.41) is 1.12. The van der Waals surface area contributed by atoms with Gasteiger partial charge >= 0.3 is 0 Å². The molecule has 0 aliphatic carbocycles. The summed E-state index contributed by atoms with van der Waals surface area (Å²) >= 11 is 3.53. The quantitative estimate of drug-likeness (QED) is 0.662. The molecule has 0 fully saturated rings. The normalized spacial score (nSPS) is 10.8. The Morgan fingerprint density at radius 2 is 1.80 bits per heavy atom. The maximum atomic E-state index is 5.33. The molecule has 0 atom stereocenters. The highest BCUT2D eigenvalue weighted by atomic mass is 79.9. The van der Waals surface area contributed by atoms with Crippen LogP contribution >= 0.6 is 15.9 Å². The fraction of sp³-hybridized carbons (Fsp3) is 0.118. The zero-order valence-corrected chi connectivity index (χ0v) is 12.9. The van der Waals surface area contributed by atoms with E-state index in [1.54, 1.807) is 7.11 Å². The molecule has 0 radical (unpaired) electrons. The average molecular weight is 328 g/mol. The average Bonchev–Trinajstić information content (AvgIpc) is 2.47. The van der Waals surface area contributed by atoms with Crippen LogP contribution in [0.5, 0.6) is 5.88 Å². The van der Waals surface area contributed by atoms with Gasteiger partial charge in [-0.25, -0.2) is 4.98 Å². The monoisotopic (exact) mass is 327 g/mol. The summed E-state index contributed by atoms with van der Waals surface area (Å²) in [6, 6.07) is 16.5. The van der Waals surface area contributed by atoms with Gasteiger partial charge in [-0.2, -0.15) is 0 Å². The van der Waals surface area contributed by atoms with Crippen LogP contribution < -0.4 is 4.74 Å². The van der Waals surface area contributed by atoms with E-state index in [0.717, 1.165) is 20.9 Å². The fourth-order valence-corrected chi connectivity index (χ4v) is 2.74. The van der Waals surface area contributed by atoms with Crippen LogP contribution in [0.3, 0.4) is 0 Å². The van der Waals surface area contributed by atoms with Gasteiger partial charge in [-0.15, -0.1) is 0 Å². The lowest BCUT2D eigenvalue weighted by atomic mass is 9.97. The van der Waals surface area contributed by atoms with E-state index in [1.165, 1.54) is 11.1 Å². The molecule has 0 unspecified atom stereocenters. The van der Waals surface area contributed by atoms with Crippen LogP contribution in [0, 0.1) is 6.92 Å². The van der Waals surface area contributed by atoms with E-state index in [4.69, 9.17) is 4.74 Å². The minimum absolute atomic E-state index is 0.637. The Bertz CT molecular complexity index is 783. The van der Waals surface area contributed by atoms with Crippen molar-refractivity contribution in [2.24, 2.45) is 0 Å². The van der Waals surface area contributed by atoms with Crippen molar-refractivity contribution in [1.82, 2.24) is 4.98 Å². The first-order chi connectivity index (χ1) is 9.69. The van der Waals surface area contributed by atoms with Crippen LogP contribution in [0.25, 0.3) is 22.0 Å². The molecular formula is C17H14BrNO. The second-order valence-electron chi connectivity index (χ2n) is 4.69. The minimum atomic E-state index is 0.637. The predicted octanol–water partition coefficient (Wildman–Crippen LogP) is 4.98. The first-order valence-corrected chi connectivity index (χ1v) is 7.18. The predicted molar refractivity (Wildman–Crippen MR) is 86.2 cm³/mol. The topological polar surface area (TPSA) is 22.1 Å². The highest BCUT2D eigenvalue weighted by Crippen LogP contribution is 2.34. The van der Waals surface area contributed by atoms with E-state index in [1.807, 2.05) is 18.2 Å². The number of benzene rings is 2. The minimum Gasteiger partial charge on any atom is -0.481 e. The Morgan fingerprint density at radius 3 is 2.55 bits per heavy atom. The van der Waals surface area contributed by atoms with Crippen molar-refractivity contribution < 1.29 is 4.74 Å². The first-order valence-electron chi connectivity index (χ1n) is 6.39. The number of aromatic nitrogens is 1. The molecule has 100 valence electrons. The van der Waals surface area contributed by atoms with Gasteiger partial charge in [-0.3, -0.25) is 0 Å². The van der Waals surface area contributed by atoms with Gasteiger partial charge in [-0.1, -0.05) is 40.2 Å². The zero-order valence-electron chi connectivity index (χ0n) is 11.4. The molecule has 0 bridgehead atoms. The molecule has 0 saturated heterocycles. The van der Waals surface area contributed by atoms with Crippen molar-refractivity contribution in [1.29, 1.82) is 0 Å². The SMILES string of the molecule is COc1cc(-c2ccccc2C)c2cc(Br)ccc2n1. The fourth-order valence-electron chi connectivity index (χ4n) is 2.38. The molecule has 3 rings (SSSR count). The van der Waals surface area contributed by atoms with Crippen molar-refractivity contribution >= 4 is 26.8 Å². The first kappa shape index (κ1) is 13.1. The van der Waals surface area contributed by atoms with Gasteiger partial charge in [0, 0.05) is 15.9 Å². The van der Waals surface area contributed by atoms with Crippen LogP contribution in [-0.4, -0.2) is 12.1 Å². The van der Waals surface area contributed by atoms with Crippen molar-refractivity contribution in [3.05, 3.63) is 58.6 Å². The zero-order chi connectivity index (χ0) is 14.1. The van der Waals surface area contributed by atoms with Crippen molar-refractivity contribution in [3.63, 3.8) is 0 Å². The van der Waals surface area contributed by atoms with Gasteiger partial charge in [0.05, 0.1) is 12.6 Å². The van der Waals surface area contributed by atoms with Crippen LogP contribution in [0.2, 0.25) is 0 Å². The summed E-state index contributed by atoms with van der Waals surface area (Å²) in [4.78, 5) is 4.51. The van der Waals surface area contributed by atoms with Gasteiger partial charge in [0.2, 0.25) is 5.88 Å². The molecule has 2 aromatic carbocycles. The number of hydrogen-bond donors (Lipinski definition) is 0. The molecule has 0 aliphatic rings. The third-order valence-corrected chi connectivity index (χ3v) is 3.88. The number of halogens is 1. The van der Waals surface area contributed by atoms with Gasteiger partial charge in [0.15, 0.2) is 0 Å². The van der Waals surface area contributed by atoms with Crippen molar-refractivity contribution in [3.8, 4) is 17.0 Å². The maximum absolute atomic E-state index is 5.33. The molecule has 0 saturated carbocycles. The summed E-state index contributed by atoms with van der Waals surface area (Å²) in [5.41, 5.74) is 4.52. The number of rotatable bonds is 2.